The summed E-state index contributed by atoms with van der Waals surface area (Å²) in [6.45, 7) is 6.98. The molecule has 0 aromatic heterocycles. The smallest absolute Gasteiger partial charge is 0.332 e. The molecule has 0 saturated carbocycles. The van der Waals surface area contributed by atoms with Gasteiger partial charge in [-0.3, -0.25) is 0 Å². The van der Waals surface area contributed by atoms with Crippen molar-refractivity contribution >= 4 is 5.97 Å². The zero-order chi connectivity index (χ0) is 12.8. The van der Waals surface area contributed by atoms with Crippen LogP contribution in [0, 0.1) is 0 Å². The third-order valence-electron chi connectivity index (χ3n) is 3.28. The van der Waals surface area contributed by atoms with Gasteiger partial charge in [-0.15, -0.1) is 0 Å². The van der Waals surface area contributed by atoms with Gasteiger partial charge in [0.1, 0.15) is 0 Å². The highest BCUT2D eigenvalue weighted by atomic mass is 16.5. The van der Waals surface area contributed by atoms with Crippen molar-refractivity contribution in [3.05, 3.63) is 0 Å². The van der Waals surface area contributed by atoms with E-state index in [4.69, 9.17) is 9.84 Å². The lowest BCUT2D eigenvalue weighted by molar-refractivity contribution is -0.149. The normalized spacial score (nSPS) is 24.8. The van der Waals surface area contributed by atoms with Crippen molar-refractivity contribution in [2.24, 2.45) is 0 Å². The van der Waals surface area contributed by atoms with E-state index in [-0.39, 0.29) is 6.10 Å². The lowest BCUT2D eigenvalue weighted by Gasteiger charge is -2.21. The summed E-state index contributed by atoms with van der Waals surface area (Å²) in [5.74, 6) is -0.841. The van der Waals surface area contributed by atoms with Gasteiger partial charge in [-0.2, -0.15) is 0 Å². The maximum atomic E-state index is 10.7. The predicted octanol–water partition coefficient (Wildman–Crippen LogP) is 0.548. The summed E-state index contributed by atoms with van der Waals surface area (Å²) in [6, 6.07) is 0.552. The Hall–Kier alpha value is -0.650. The Morgan fingerprint density at radius 1 is 1.53 bits per heavy atom. The molecule has 5 heteroatoms. The third kappa shape index (κ3) is 5.02. The highest BCUT2D eigenvalue weighted by molar-refractivity contribution is 5.72. The molecule has 0 bridgehead atoms. The molecule has 2 N–H and O–H groups in total. The largest absolute Gasteiger partial charge is 0.479 e. The van der Waals surface area contributed by atoms with Crippen molar-refractivity contribution in [1.82, 2.24) is 10.2 Å². The fraction of sp³-hybridized carbons (Fsp3) is 0.917. The van der Waals surface area contributed by atoms with Crippen LogP contribution in [0.4, 0.5) is 0 Å². The topological polar surface area (TPSA) is 61.8 Å². The molecule has 1 saturated heterocycles. The number of nitrogens with zero attached hydrogens (tertiary/aromatic N) is 1. The maximum Gasteiger partial charge on any atom is 0.332 e. The second-order valence-corrected chi connectivity index (χ2v) is 4.94. The first-order valence-corrected chi connectivity index (χ1v) is 6.30. The average molecular weight is 244 g/mol. The molecule has 5 nitrogen and oxygen atoms in total. The Morgan fingerprint density at radius 3 is 2.76 bits per heavy atom. The lowest BCUT2D eigenvalue weighted by Crippen LogP contribution is -2.36. The van der Waals surface area contributed by atoms with Gasteiger partial charge in [0.25, 0.3) is 0 Å². The number of carbonyl (C=O) groups is 1. The van der Waals surface area contributed by atoms with Crippen LogP contribution in [0.15, 0.2) is 0 Å². The number of ether oxygens (including phenoxy) is 1. The molecule has 1 aliphatic heterocycles. The molecule has 0 aliphatic carbocycles. The van der Waals surface area contributed by atoms with Gasteiger partial charge in [-0.25, -0.2) is 4.79 Å². The van der Waals surface area contributed by atoms with Crippen molar-refractivity contribution in [3.8, 4) is 0 Å². The minimum atomic E-state index is -0.841. The van der Waals surface area contributed by atoms with E-state index in [1.54, 1.807) is 0 Å². The number of likely N-dealkylation sites (N-methyl/N-ethyl adjacent to an activating group) is 1. The summed E-state index contributed by atoms with van der Waals surface area (Å²) >= 11 is 0. The van der Waals surface area contributed by atoms with Gasteiger partial charge in [0.05, 0.1) is 6.10 Å². The summed E-state index contributed by atoms with van der Waals surface area (Å²) < 4.78 is 5.40. The Morgan fingerprint density at radius 2 is 2.24 bits per heavy atom. The molecule has 0 radical (unpaired) electrons. The van der Waals surface area contributed by atoms with Crippen LogP contribution in [0.25, 0.3) is 0 Å². The van der Waals surface area contributed by atoms with Crippen molar-refractivity contribution in [1.29, 1.82) is 0 Å². The number of carboxylic acid groups (broad SMARTS) is 1. The van der Waals surface area contributed by atoms with Gasteiger partial charge in [0.15, 0.2) is 6.10 Å². The second-order valence-electron chi connectivity index (χ2n) is 4.94. The standard InChI is InChI=1S/C12H24N2O3/c1-9(2)14(3)7-6-13-8-10-4-5-11(17-10)12(15)16/h9-11,13H,4-8H2,1-3H3,(H,15,16). The number of rotatable bonds is 7. The summed E-state index contributed by atoms with van der Waals surface area (Å²) in [7, 11) is 2.10. The number of nitrogens with one attached hydrogen (secondary N) is 1. The molecular formula is C12H24N2O3. The van der Waals surface area contributed by atoms with Crippen molar-refractivity contribution in [2.45, 2.75) is 44.9 Å². The van der Waals surface area contributed by atoms with E-state index in [2.05, 4.69) is 31.1 Å². The Kier molecular flexibility index (Phi) is 5.88. The molecule has 1 fully saturated rings. The number of hydrogen-bond donors (Lipinski definition) is 2. The van der Waals surface area contributed by atoms with E-state index in [9.17, 15) is 4.79 Å². The summed E-state index contributed by atoms with van der Waals surface area (Å²) in [5.41, 5.74) is 0. The minimum Gasteiger partial charge on any atom is -0.479 e. The molecule has 0 aromatic carbocycles. The average Bonchev–Trinajstić information content (AvgIpc) is 2.72. The first kappa shape index (κ1) is 14.4. The van der Waals surface area contributed by atoms with Gasteiger partial charge in [0, 0.05) is 25.7 Å². The molecule has 0 spiro atoms. The van der Waals surface area contributed by atoms with Crippen LogP contribution in [-0.4, -0.2) is 60.9 Å². The van der Waals surface area contributed by atoms with Crippen LogP contribution in [0.5, 0.6) is 0 Å². The van der Waals surface area contributed by atoms with Crippen LogP contribution in [0.3, 0.4) is 0 Å². The van der Waals surface area contributed by atoms with Crippen molar-refractivity contribution in [2.75, 3.05) is 26.7 Å². The van der Waals surface area contributed by atoms with E-state index < -0.39 is 12.1 Å². The molecule has 1 rings (SSSR count). The van der Waals surface area contributed by atoms with E-state index in [1.807, 2.05) is 0 Å². The van der Waals surface area contributed by atoms with Crippen LogP contribution in [0.1, 0.15) is 26.7 Å². The molecule has 1 aliphatic rings. The monoisotopic (exact) mass is 244 g/mol. The van der Waals surface area contributed by atoms with Gasteiger partial charge < -0.3 is 20.1 Å². The van der Waals surface area contributed by atoms with E-state index in [1.165, 1.54) is 0 Å². The van der Waals surface area contributed by atoms with Gasteiger partial charge in [-0.05, 0) is 33.7 Å². The molecule has 0 aromatic rings. The lowest BCUT2D eigenvalue weighted by atomic mass is 10.2. The Bertz CT molecular complexity index is 246. The zero-order valence-corrected chi connectivity index (χ0v) is 11.0. The summed E-state index contributed by atoms with van der Waals surface area (Å²) in [6.07, 6.45) is 0.929. The molecule has 2 atom stereocenters. The molecule has 17 heavy (non-hydrogen) atoms. The number of carboxylic acids is 1. The Balaban J connectivity index is 2.06. The molecule has 1 heterocycles. The molecule has 100 valence electrons. The predicted molar refractivity (Wildman–Crippen MR) is 66.2 cm³/mol. The second kappa shape index (κ2) is 6.93. The molecular weight excluding hydrogens is 220 g/mol. The van der Waals surface area contributed by atoms with Crippen LogP contribution in [0.2, 0.25) is 0 Å². The van der Waals surface area contributed by atoms with E-state index in [0.29, 0.717) is 12.5 Å². The first-order chi connectivity index (χ1) is 8.00. The van der Waals surface area contributed by atoms with Crippen molar-refractivity contribution < 1.29 is 14.6 Å². The quantitative estimate of drug-likeness (QED) is 0.640. The van der Waals surface area contributed by atoms with Crippen LogP contribution < -0.4 is 5.32 Å². The highest BCUT2D eigenvalue weighted by Gasteiger charge is 2.29. The number of hydrogen-bond acceptors (Lipinski definition) is 4. The van der Waals surface area contributed by atoms with E-state index in [0.717, 1.165) is 26.1 Å². The van der Waals surface area contributed by atoms with Crippen LogP contribution in [-0.2, 0) is 9.53 Å². The first-order valence-electron chi connectivity index (χ1n) is 6.30. The van der Waals surface area contributed by atoms with Crippen LogP contribution >= 0.6 is 0 Å². The van der Waals surface area contributed by atoms with Gasteiger partial charge in [-0.1, -0.05) is 0 Å². The van der Waals surface area contributed by atoms with Gasteiger partial charge >= 0.3 is 5.97 Å². The highest BCUT2D eigenvalue weighted by Crippen LogP contribution is 2.18. The fourth-order valence-electron chi connectivity index (χ4n) is 1.81. The fourth-order valence-corrected chi connectivity index (χ4v) is 1.81. The summed E-state index contributed by atoms with van der Waals surface area (Å²) in [5, 5.41) is 12.1. The minimum absolute atomic E-state index is 0.0560. The molecule has 0 amide bonds. The Labute approximate surface area is 103 Å². The zero-order valence-electron chi connectivity index (χ0n) is 11.0. The SMILES string of the molecule is CC(C)N(C)CCNCC1CCC(C(=O)O)O1. The van der Waals surface area contributed by atoms with E-state index >= 15 is 0 Å². The van der Waals surface area contributed by atoms with Gasteiger partial charge in [0.2, 0.25) is 0 Å². The maximum absolute atomic E-state index is 10.7. The summed E-state index contributed by atoms with van der Waals surface area (Å²) in [4.78, 5) is 13.0. The third-order valence-corrected chi connectivity index (χ3v) is 3.28. The van der Waals surface area contributed by atoms with Crippen molar-refractivity contribution in [3.63, 3.8) is 0 Å². The molecule has 2 unspecified atom stereocenters. The number of aliphatic carboxylic acids is 1.